The highest BCUT2D eigenvalue weighted by Gasteiger charge is 2.14. The molecule has 1 aromatic rings. The maximum absolute atomic E-state index is 11.5. The van der Waals surface area contributed by atoms with Crippen molar-refractivity contribution in [2.75, 3.05) is 26.4 Å². The second kappa shape index (κ2) is 11.8. The standard InChI is InChI=1S/C19H31N3O2S.HI/c1-20-19(21-14-5-8-16-6-3-4-7-16)22-15-13-17-9-11-18(12-10-17)25(2,23)24;/h9-12,16H,3-8,13-15H2,1-2H3,(H2,20,21,22);1H. The predicted molar refractivity (Wildman–Crippen MR) is 119 cm³/mol. The molecule has 0 heterocycles. The van der Waals surface area contributed by atoms with Crippen LogP contribution in [-0.2, 0) is 16.3 Å². The largest absolute Gasteiger partial charge is 0.356 e. The fourth-order valence-corrected chi connectivity index (χ4v) is 3.98. The molecule has 26 heavy (non-hydrogen) atoms. The summed E-state index contributed by atoms with van der Waals surface area (Å²) in [6, 6.07) is 7.08. The summed E-state index contributed by atoms with van der Waals surface area (Å²) in [7, 11) is -1.34. The summed E-state index contributed by atoms with van der Waals surface area (Å²) in [4.78, 5) is 4.61. The molecule has 0 atom stereocenters. The van der Waals surface area contributed by atoms with Gasteiger partial charge in [0.05, 0.1) is 4.90 Å². The second-order valence-electron chi connectivity index (χ2n) is 6.88. The summed E-state index contributed by atoms with van der Waals surface area (Å²) in [5.41, 5.74) is 1.11. The molecule has 1 aliphatic carbocycles. The number of aliphatic imine (C=N–C) groups is 1. The highest BCUT2D eigenvalue weighted by Crippen LogP contribution is 2.28. The van der Waals surface area contributed by atoms with Gasteiger partial charge in [0.25, 0.3) is 0 Å². The van der Waals surface area contributed by atoms with Crippen molar-refractivity contribution in [1.82, 2.24) is 10.6 Å². The van der Waals surface area contributed by atoms with E-state index in [-0.39, 0.29) is 24.0 Å². The van der Waals surface area contributed by atoms with Gasteiger partial charge >= 0.3 is 0 Å². The highest BCUT2D eigenvalue weighted by atomic mass is 127. The van der Waals surface area contributed by atoms with Crippen LogP contribution in [0.1, 0.15) is 44.1 Å². The van der Waals surface area contributed by atoms with Crippen molar-refractivity contribution in [3.63, 3.8) is 0 Å². The van der Waals surface area contributed by atoms with E-state index in [0.717, 1.165) is 37.0 Å². The number of nitrogens with zero attached hydrogens (tertiary/aromatic N) is 1. The van der Waals surface area contributed by atoms with Gasteiger partial charge in [-0.15, -0.1) is 24.0 Å². The predicted octanol–water partition coefficient (Wildman–Crippen LogP) is 3.39. The van der Waals surface area contributed by atoms with Gasteiger partial charge in [0, 0.05) is 26.4 Å². The molecule has 148 valence electrons. The zero-order valence-electron chi connectivity index (χ0n) is 15.8. The molecule has 5 nitrogen and oxygen atoms in total. The molecule has 0 aromatic heterocycles. The first kappa shape index (κ1) is 23.2. The molecule has 1 aromatic carbocycles. The number of nitrogens with one attached hydrogen (secondary N) is 2. The van der Waals surface area contributed by atoms with Crippen molar-refractivity contribution in [3.05, 3.63) is 29.8 Å². The van der Waals surface area contributed by atoms with E-state index in [1.165, 1.54) is 44.8 Å². The van der Waals surface area contributed by atoms with Gasteiger partial charge in [0.15, 0.2) is 15.8 Å². The summed E-state index contributed by atoms with van der Waals surface area (Å²) >= 11 is 0. The topological polar surface area (TPSA) is 70.6 Å². The van der Waals surface area contributed by atoms with E-state index in [4.69, 9.17) is 0 Å². The number of halogens is 1. The maximum Gasteiger partial charge on any atom is 0.190 e. The van der Waals surface area contributed by atoms with Crippen LogP contribution in [0.3, 0.4) is 0 Å². The van der Waals surface area contributed by atoms with Crippen molar-refractivity contribution in [2.24, 2.45) is 10.9 Å². The first-order valence-electron chi connectivity index (χ1n) is 9.22. The van der Waals surface area contributed by atoms with E-state index in [1.54, 1.807) is 19.2 Å². The van der Waals surface area contributed by atoms with Crippen LogP contribution < -0.4 is 10.6 Å². The lowest BCUT2D eigenvalue weighted by molar-refractivity contribution is 0.481. The van der Waals surface area contributed by atoms with Crippen LogP contribution in [0.5, 0.6) is 0 Å². The van der Waals surface area contributed by atoms with Crippen LogP contribution in [-0.4, -0.2) is 40.8 Å². The Hall–Kier alpha value is -0.830. The minimum Gasteiger partial charge on any atom is -0.356 e. The van der Waals surface area contributed by atoms with E-state index >= 15 is 0 Å². The Morgan fingerprint density at radius 2 is 1.73 bits per heavy atom. The van der Waals surface area contributed by atoms with Gasteiger partial charge < -0.3 is 10.6 Å². The lowest BCUT2D eigenvalue weighted by Gasteiger charge is -2.13. The molecular weight excluding hydrogens is 461 g/mol. The molecule has 0 aliphatic heterocycles. The van der Waals surface area contributed by atoms with E-state index in [9.17, 15) is 8.42 Å². The molecule has 1 aliphatic rings. The van der Waals surface area contributed by atoms with Gasteiger partial charge in [-0.1, -0.05) is 37.8 Å². The Labute approximate surface area is 175 Å². The molecule has 0 unspecified atom stereocenters. The van der Waals surface area contributed by atoms with E-state index in [1.807, 2.05) is 12.1 Å². The molecule has 2 N–H and O–H groups in total. The van der Waals surface area contributed by atoms with Gasteiger partial charge in [-0.25, -0.2) is 8.42 Å². The molecule has 7 heteroatoms. The maximum atomic E-state index is 11.5. The number of rotatable bonds is 8. The van der Waals surface area contributed by atoms with Gasteiger partial charge in [0.2, 0.25) is 0 Å². The van der Waals surface area contributed by atoms with Crippen molar-refractivity contribution in [1.29, 1.82) is 0 Å². The Kier molecular flexibility index (Phi) is 10.5. The van der Waals surface area contributed by atoms with E-state index in [0.29, 0.717) is 4.90 Å². The number of guanidine groups is 1. The molecule has 1 fully saturated rings. The van der Waals surface area contributed by atoms with Gasteiger partial charge in [-0.3, -0.25) is 4.99 Å². The van der Waals surface area contributed by atoms with E-state index in [2.05, 4.69) is 15.6 Å². The second-order valence-corrected chi connectivity index (χ2v) is 8.90. The SMILES string of the molecule is CN=C(NCCCC1CCCC1)NCCc1ccc(S(C)(=O)=O)cc1.I. The lowest BCUT2D eigenvalue weighted by atomic mass is 10.0. The van der Waals surface area contributed by atoms with Crippen molar-refractivity contribution < 1.29 is 8.42 Å². The van der Waals surface area contributed by atoms with Crippen LogP contribution in [0.25, 0.3) is 0 Å². The average Bonchev–Trinajstić information content (AvgIpc) is 3.10. The fraction of sp³-hybridized carbons (Fsp3) is 0.632. The summed E-state index contributed by atoms with van der Waals surface area (Å²) in [5.74, 6) is 1.77. The molecule has 0 saturated heterocycles. The van der Waals surface area contributed by atoms with Crippen molar-refractivity contribution in [3.8, 4) is 0 Å². The molecular formula is C19H32IN3O2S. The summed E-state index contributed by atoms with van der Waals surface area (Å²) in [6.07, 6.45) is 10.2. The Bertz CT molecular complexity index is 654. The third-order valence-corrected chi connectivity index (χ3v) is 5.97. The smallest absolute Gasteiger partial charge is 0.190 e. The van der Waals surface area contributed by atoms with Crippen LogP contribution in [0.4, 0.5) is 0 Å². The van der Waals surface area contributed by atoms with Crippen LogP contribution in [0.15, 0.2) is 34.2 Å². The molecule has 0 bridgehead atoms. The first-order valence-corrected chi connectivity index (χ1v) is 11.1. The highest BCUT2D eigenvalue weighted by molar-refractivity contribution is 14.0. The number of hydrogen-bond acceptors (Lipinski definition) is 3. The van der Waals surface area contributed by atoms with Crippen molar-refractivity contribution in [2.45, 2.75) is 49.8 Å². The normalized spacial score (nSPS) is 15.5. The number of sulfone groups is 1. The first-order chi connectivity index (χ1) is 12.0. The number of benzene rings is 1. The van der Waals surface area contributed by atoms with Crippen LogP contribution in [0, 0.1) is 5.92 Å². The van der Waals surface area contributed by atoms with Crippen LogP contribution >= 0.6 is 24.0 Å². The fourth-order valence-electron chi connectivity index (χ4n) is 3.35. The van der Waals surface area contributed by atoms with E-state index < -0.39 is 9.84 Å². The van der Waals surface area contributed by atoms with Crippen LogP contribution in [0.2, 0.25) is 0 Å². The average molecular weight is 493 g/mol. The summed E-state index contributed by atoms with van der Waals surface area (Å²) in [6.45, 7) is 1.72. The monoisotopic (exact) mass is 493 g/mol. The van der Waals surface area contributed by atoms with Crippen molar-refractivity contribution >= 4 is 39.8 Å². The molecule has 2 rings (SSSR count). The van der Waals surface area contributed by atoms with Gasteiger partial charge in [-0.05, 0) is 42.9 Å². The summed E-state index contributed by atoms with van der Waals surface area (Å²) in [5, 5.41) is 6.68. The zero-order valence-corrected chi connectivity index (χ0v) is 19.0. The third-order valence-electron chi connectivity index (χ3n) is 4.84. The zero-order chi connectivity index (χ0) is 18.1. The quantitative estimate of drug-likeness (QED) is 0.252. The Morgan fingerprint density at radius 3 is 2.31 bits per heavy atom. The third kappa shape index (κ3) is 8.24. The summed E-state index contributed by atoms with van der Waals surface area (Å²) < 4.78 is 22.9. The minimum absolute atomic E-state index is 0. The van der Waals surface area contributed by atoms with Gasteiger partial charge in [0.1, 0.15) is 0 Å². The molecule has 0 amide bonds. The molecule has 0 radical (unpaired) electrons. The lowest BCUT2D eigenvalue weighted by Crippen LogP contribution is -2.38. The molecule has 1 saturated carbocycles. The molecule has 0 spiro atoms. The Morgan fingerprint density at radius 1 is 1.12 bits per heavy atom. The number of hydrogen-bond donors (Lipinski definition) is 2. The Balaban J connectivity index is 0.00000338. The van der Waals surface area contributed by atoms with Gasteiger partial charge in [-0.2, -0.15) is 0 Å². The minimum atomic E-state index is -3.12.